The fourth-order valence-corrected chi connectivity index (χ4v) is 8.91. The summed E-state index contributed by atoms with van der Waals surface area (Å²) in [6, 6.07) is 0. The molecular weight excluding hydrogens is 982 g/mol. The van der Waals surface area contributed by atoms with Crippen LogP contribution in [0.25, 0.3) is 0 Å². The van der Waals surface area contributed by atoms with Crippen molar-refractivity contribution in [1.29, 1.82) is 0 Å². The monoisotopic (exact) mass is 1080 g/mol. The van der Waals surface area contributed by atoms with E-state index in [0.29, 0.717) is 18.5 Å². The maximum Gasteiger partial charge on any atom is 3.00 e. The molecule has 0 aromatic rings. The first-order valence-corrected chi connectivity index (χ1v) is 31.2. The van der Waals surface area contributed by atoms with Crippen molar-refractivity contribution < 1.29 is 69.2 Å². The first kappa shape index (κ1) is 71.3. The van der Waals surface area contributed by atoms with Crippen molar-refractivity contribution in [1.82, 2.24) is 0 Å². The van der Waals surface area contributed by atoms with Crippen LogP contribution in [-0.2, 0) is 13.7 Å². The third-order valence-electron chi connectivity index (χ3n) is 11.6. The van der Waals surface area contributed by atoms with Crippen LogP contribution in [0.5, 0.6) is 0 Å². The fourth-order valence-electron chi connectivity index (χ4n) is 7.47. The average Bonchev–Trinajstić information content (AvgIpc) is 3.26. The van der Waals surface area contributed by atoms with Crippen molar-refractivity contribution in [3.05, 3.63) is 36.5 Å². The van der Waals surface area contributed by atoms with Gasteiger partial charge in [-0.2, -0.15) is 0 Å². The van der Waals surface area contributed by atoms with Gasteiger partial charge in [0, 0.05) is 0 Å². The van der Waals surface area contributed by atoms with Crippen molar-refractivity contribution in [3.63, 3.8) is 0 Å². The Kier molecular flexibility index (Phi) is 75.8. The van der Waals surface area contributed by atoms with E-state index in [2.05, 4.69) is 57.2 Å². The van der Waals surface area contributed by atoms with E-state index in [9.17, 15) is 28.4 Å². The van der Waals surface area contributed by atoms with Gasteiger partial charge in [0.1, 0.15) is 18.5 Å². The van der Waals surface area contributed by atoms with Crippen LogP contribution in [0.4, 0.5) is 0 Å². The Bertz CT molecular complexity index is 886. The van der Waals surface area contributed by atoms with Gasteiger partial charge in [0.2, 0.25) is 0 Å². The third-order valence-corrected chi connectivity index (χ3v) is 13.6. The van der Waals surface area contributed by atoms with Crippen molar-refractivity contribution in [2.45, 2.75) is 290 Å². The molecule has 0 aliphatic heterocycles. The fraction of sp³-hybridized carbons (Fsp3) is 0.889. The first-order chi connectivity index (χ1) is 30.8. The Morgan fingerprint density at radius 1 is 0.250 bits per heavy atom. The normalized spacial score (nSPS) is 12.0. The first-order valence-electron chi connectivity index (χ1n) is 27.1. The Labute approximate surface area is 435 Å². The van der Waals surface area contributed by atoms with Crippen LogP contribution in [0.1, 0.15) is 290 Å². The Hall–Kier alpha value is 0.751. The molecule has 0 spiro atoms. The molecule has 3 unspecified atom stereocenters. The van der Waals surface area contributed by atoms with Crippen LogP contribution in [0.15, 0.2) is 36.5 Å². The zero-order chi connectivity index (χ0) is 46.8. The second-order valence-corrected chi connectivity index (χ2v) is 21.3. The van der Waals surface area contributed by atoms with E-state index in [1.54, 1.807) is 0 Å². The molecule has 373 valence electrons. The van der Waals surface area contributed by atoms with Gasteiger partial charge < -0.3 is 14.7 Å². The van der Waals surface area contributed by atoms with E-state index in [1.807, 2.05) is 0 Å². The largest absolute Gasteiger partial charge is 3.00 e. The molecule has 0 fully saturated rings. The molecule has 0 amide bonds. The van der Waals surface area contributed by atoms with E-state index in [1.165, 1.54) is 231 Å². The zero-order valence-corrected chi connectivity index (χ0v) is 48.5. The van der Waals surface area contributed by atoms with Crippen LogP contribution < -0.4 is 14.7 Å². The van der Waals surface area contributed by atoms with Gasteiger partial charge in [0.25, 0.3) is 0 Å². The Balaban J connectivity index is -0.000000419. The van der Waals surface area contributed by atoms with Gasteiger partial charge >= 0.3 is 64.9 Å². The summed E-state index contributed by atoms with van der Waals surface area (Å²) in [7, 11) is -6.46. The quantitative estimate of drug-likeness (QED) is 0.0340. The molecule has 3 atom stereocenters. The maximum atomic E-state index is 10.4. The van der Waals surface area contributed by atoms with Crippen molar-refractivity contribution >= 4 is 24.1 Å². The zero-order valence-electron chi connectivity index (χ0n) is 42.6. The average molecular weight is 1090 g/mol. The molecule has 0 rings (SSSR count). The number of unbranched alkanes of at least 4 members (excludes halogenated alkanes) is 36. The standard InChI is InChI=1S/3C18H35O2P.Nd/c3*1-2-3-4-5-6-7-8-9-10-11-12-13-14-15-16-17-18-21(19)20;/h3*9-10H,2-8,11-18H2,1H3;/q;;;+3. The molecule has 64 heavy (non-hydrogen) atoms. The van der Waals surface area contributed by atoms with Crippen LogP contribution in [0.2, 0.25) is 0 Å². The van der Waals surface area contributed by atoms with Crippen LogP contribution in [-0.4, -0.2) is 18.5 Å². The molecular formula is C54H105NdO6P3+3. The SMILES string of the molecule is CCCCCCCCC=CCCCCCCCC[P+](=O)[O-].CCCCCCCCC=CCCCCCCCC[P+](=O)[O-].CCCCCCCCC=CCCCCCCCC[P+](=O)[O-].[Nd+3]. The second kappa shape index (κ2) is 68.0. The molecule has 0 aromatic carbocycles. The summed E-state index contributed by atoms with van der Waals surface area (Å²) < 4.78 is 31.1. The summed E-state index contributed by atoms with van der Waals surface area (Å²) in [6.07, 6.45) is 68.1. The van der Waals surface area contributed by atoms with E-state index in [4.69, 9.17) is 0 Å². The number of hydrogen-bond donors (Lipinski definition) is 0. The number of allylic oxidation sites excluding steroid dienone is 6. The van der Waals surface area contributed by atoms with Gasteiger partial charge in [0.15, 0.2) is 0 Å². The van der Waals surface area contributed by atoms with E-state index in [0.717, 1.165) is 38.5 Å². The van der Waals surface area contributed by atoms with Gasteiger partial charge in [-0.05, 0) is 116 Å². The molecule has 10 heteroatoms. The molecule has 0 aliphatic rings. The minimum absolute atomic E-state index is 0. The summed E-state index contributed by atoms with van der Waals surface area (Å²) >= 11 is 0. The summed E-state index contributed by atoms with van der Waals surface area (Å²) in [5.41, 5.74) is 0. The molecule has 6 nitrogen and oxygen atoms in total. The van der Waals surface area contributed by atoms with Gasteiger partial charge in [-0.1, -0.05) is 225 Å². The van der Waals surface area contributed by atoms with Crippen LogP contribution in [0, 0.1) is 40.8 Å². The van der Waals surface area contributed by atoms with Gasteiger partial charge in [-0.25, -0.2) is 0 Å². The Morgan fingerprint density at radius 3 is 0.547 bits per heavy atom. The molecule has 0 heterocycles. The van der Waals surface area contributed by atoms with E-state index < -0.39 is 24.1 Å². The van der Waals surface area contributed by atoms with Crippen LogP contribution >= 0.6 is 24.1 Å². The van der Waals surface area contributed by atoms with Gasteiger partial charge in [-0.15, -0.1) is 0 Å². The third kappa shape index (κ3) is 79.8. The summed E-state index contributed by atoms with van der Waals surface area (Å²) in [5.74, 6) is 0. The van der Waals surface area contributed by atoms with Crippen molar-refractivity contribution in [2.24, 2.45) is 0 Å². The molecule has 0 saturated heterocycles. The molecule has 0 N–H and O–H groups in total. The molecule has 0 saturated carbocycles. The maximum absolute atomic E-state index is 10.4. The predicted octanol–water partition coefficient (Wildman–Crippen LogP) is 18.4. The minimum atomic E-state index is -2.15. The van der Waals surface area contributed by atoms with Gasteiger partial charge in [-0.3, -0.25) is 0 Å². The predicted molar refractivity (Wildman–Crippen MR) is 276 cm³/mol. The molecule has 0 bridgehead atoms. The summed E-state index contributed by atoms with van der Waals surface area (Å²) in [5, 5.41) is 0. The van der Waals surface area contributed by atoms with E-state index >= 15 is 0 Å². The second-order valence-electron chi connectivity index (χ2n) is 18.0. The topological polar surface area (TPSA) is 120 Å². The summed E-state index contributed by atoms with van der Waals surface area (Å²) in [6.45, 7) is 6.79. The minimum Gasteiger partial charge on any atom is -0.596 e. The van der Waals surface area contributed by atoms with Crippen LogP contribution in [0.3, 0.4) is 0 Å². The smallest absolute Gasteiger partial charge is 0.596 e. The summed E-state index contributed by atoms with van der Waals surface area (Å²) in [4.78, 5) is 31.1. The number of hydrogen-bond acceptors (Lipinski definition) is 6. The van der Waals surface area contributed by atoms with Gasteiger partial charge in [0.05, 0.1) is 0 Å². The number of rotatable bonds is 48. The molecule has 1 radical (unpaired) electrons. The van der Waals surface area contributed by atoms with Crippen molar-refractivity contribution in [3.8, 4) is 0 Å². The molecule has 0 aromatic heterocycles. The van der Waals surface area contributed by atoms with Crippen molar-refractivity contribution in [2.75, 3.05) is 18.5 Å². The Morgan fingerprint density at radius 2 is 0.391 bits per heavy atom. The molecule has 0 aliphatic carbocycles. The van der Waals surface area contributed by atoms with E-state index in [-0.39, 0.29) is 40.8 Å².